The molecule has 2 amide bonds. The van der Waals surface area contributed by atoms with Crippen LogP contribution in [0.25, 0.3) is 0 Å². The summed E-state index contributed by atoms with van der Waals surface area (Å²) >= 11 is 0. The second-order valence-electron chi connectivity index (χ2n) is 8.36. The number of anilines is 1. The lowest BCUT2D eigenvalue weighted by molar-refractivity contribution is 0.0429. The molecular formula is C19H29NO6S. The first-order valence-electron chi connectivity index (χ1n) is 8.65. The van der Waals surface area contributed by atoms with Crippen LogP contribution in [0.1, 0.15) is 55.4 Å². The average molecular weight is 400 g/mol. The van der Waals surface area contributed by atoms with E-state index in [0.29, 0.717) is 4.90 Å². The van der Waals surface area contributed by atoms with Gasteiger partial charge in [-0.1, -0.05) is 12.1 Å². The maximum absolute atomic E-state index is 12.7. The fourth-order valence-corrected chi connectivity index (χ4v) is 3.25. The quantitative estimate of drug-likeness (QED) is 0.741. The van der Waals surface area contributed by atoms with Crippen LogP contribution in [0.4, 0.5) is 15.3 Å². The van der Waals surface area contributed by atoms with Crippen molar-refractivity contribution in [2.45, 2.75) is 76.7 Å². The van der Waals surface area contributed by atoms with Gasteiger partial charge in [0, 0.05) is 0 Å². The molecule has 0 radical (unpaired) electrons. The number of ether oxygens (including phenoxy) is 2. The Morgan fingerprint density at radius 1 is 0.889 bits per heavy atom. The van der Waals surface area contributed by atoms with Gasteiger partial charge in [0.05, 0.1) is 15.8 Å². The molecule has 7 nitrogen and oxygen atoms in total. The second-order valence-corrected chi connectivity index (χ2v) is 10.8. The minimum atomic E-state index is -3.76. The molecule has 1 aromatic carbocycles. The SMILES string of the molecule is CC(C)S(=O)(=O)c1ccccc1N(C(=O)OC(C)(C)C)C(=O)OC(C)(C)C. The van der Waals surface area contributed by atoms with E-state index in [1.165, 1.54) is 38.1 Å². The van der Waals surface area contributed by atoms with Crippen molar-refractivity contribution in [1.29, 1.82) is 0 Å². The predicted molar refractivity (Wildman–Crippen MR) is 104 cm³/mol. The Bertz CT molecular complexity index is 772. The summed E-state index contributed by atoms with van der Waals surface area (Å²) < 4.78 is 36.1. The predicted octanol–water partition coefficient (Wildman–Crippen LogP) is 4.55. The first kappa shape index (κ1) is 23.0. The zero-order chi connectivity index (χ0) is 21.2. The monoisotopic (exact) mass is 399 g/mol. The van der Waals surface area contributed by atoms with Gasteiger partial charge in [-0.3, -0.25) is 0 Å². The molecule has 0 N–H and O–H groups in total. The van der Waals surface area contributed by atoms with Gasteiger partial charge >= 0.3 is 12.2 Å². The van der Waals surface area contributed by atoms with Crippen molar-refractivity contribution in [2.24, 2.45) is 0 Å². The van der Waals surface area contributed by atoms with Gasteiger partial charge in [-0.2, -0.15) is 4.90 Å². The number of hydrogen-bond donors (Lipinski definition) is 0. The zero-order valence-corrected chi connectivity index (χ0v) is 18.0. The van der Waals surface area contributed by atoms with Gasteiger partial charge in [-0.05, 0) is 67.5 Å². The van der Waals surface area contributed by atoms with Crippen LogP contribution in [0.2, 0.25) is 0 Å². The lowest BCUT2D eigenvalue weighted by Gasteiger charge is -2.29. The number of nitrogens with zero attached hydrogens (tertiary/aromatic N) is 1. The van der Waals surface area contributed by atoms with Crippen LogP contribution in [0.5, 0.6) is 0 Å². The lowest BCUT2D eigenvalue weighted by atomic mass is 10.2. The molecule has 0 heterocycles. The highest BCUT2D eigenvalue weighted by Gasteiger charge is 2.36. The second kappa shape index (κ2) is 7.88. The molecule has 0 saturated carbocycles. The standard InChI is InChI=1S/C19H29NO6S/c1-13(2)27(23,24)15-12-10-9-11-14(15)20(16(21)25-18(3,4)5)17(22)26-19(6,7)8/h9-13H,1-8H3. The number of carbonyl (C=O) groups is 2. The molecule has 0 unspecified atom stereocenters. The molecule has 0 aliphatic heterocycles. The Kier molecular flexibility index (Phi) is 6.70. The summed E-state index contributed by atoms with van der Waals surface area (Å²) in [5.41, 5.74) is -1.87. The fourth-order valence-electron chi connectivity index (χ4n) is 2.02. The zero-order valence-electron chi connectivity index (χ0n) is 17.2. The van der Waals surface area contributed by atoms with E-state index in [2.05, 4.69) is 0 Å². The highest BCUT2D eigenvalue weighted by Crippen LogP contribution is 2.30. The molecule has 0 spiro atoms. The van der Waals surface area contributed by atoms with E-state index in [1.54, 1.807) is 41.5 Å². The van der Waals surface area contributed by atoms with E-state index >= 15 is 0 Å². The maximum atomic E-state index is 12.7. The van der Waals surface area contributed by atoms with Crippen molar-refractivity contribution >= 4 is 27.7 Å². The molecule has 152 valence electrons. The average Bonchev–Trinajstić information content (AvgIpc) is 2.43. The molecule has 1 rings (SSSR count). The van der Waals surface area contributed by atoms with E-state index in [0.717, 1.165) is 0 Å². The summed E-state index contributed by atoms with van der Waals surface area (Å²) in [7, 11) is -3.76. The molecule has 0 fully saturated rings. The number of sulfone groups is 1. The van der Waals surface area contributed by atoms with Crippen molar-refractivity contribution in [1.82, 2.24) is 0 Å². The maximum Gasteiger partial charge on any atom is 0.424 e. The summed E-state index contributed by atoms with van der Waals surface area (Å²) in [4.78, 5) is 26.0. The van der Waals surface area contributed by atoms with E-state index in [9.17, 15) is 18.0 Å². The third-order valence-electron chi connectivity index (χ3n) is 3.19. The fraction of sp³-hybridized carbons (Fsp3) is 0.579. The topological polar surface area (TPSA) is 90.0 Å². The molecule has 1 aromatic rings. The summed E-state index contributed by atoms with van der Waals surface area (Å²) in [6.07, 6.45) is -2.02. The first-order valence-corrected chi connectivity index (χ1v) is 10.2. The van der Waals surface area contributed by atoms with Crippen LogP contribution in [0, 0.1) is 0 Å². The third-order valence-corrected chi connectivity index (χ3v) is 5.38. The lowest BCUT2D eigenvalue weighted by Crippen LogP contribution is -2.44. The number of amides is 2. The molecule has 0 bridgehead atoms. The van der Waals surface area contributed by atoms with Gasteiger partial charge in [-0.15, -0.1) is 0 Å². The highest BCUT2D eigenvalue weighted by molar-refractivity contribution is 7.92. The Balaban J connectivity index is 3.58. The summed E-state index contributed by atoms with van der Waals surface area (Å²) in [6, 6.07) is 5.80. The minimum Gasteiger partial charge on any atom is -0.443 e. The highest BCUT2D eigenvalue weighted by atomic mass is 32.2. The molecule has 0 aliphatic carbocycles. The molecule has 8 heteroatoms. The van der Waals surface area contributed by atoms with Crippen molar-refractivity contribution < 1.29 is 27.5 Å². The van der Waals surface area contributed by atoms with Crippen molar-refractivity contribution in [2.75, 3.05) is 4.90 Å². The molecule has 0 atom stereocenters. The van der Waals surface area contributed by atoms with E-state index < -0.39 is 38.5 Å². The van der Waals surface area contributed by atoms with Crippen molar-refractivity contribution in [3.63, 3.8) is 0 Å². The van der Waals surface area contributed by atoms with E-state index in [-0.39, 0.29) is 10.6 Å². The first-order chi connectivity index (χ1) is 12.1. The van der Waals surface area contributed by atoms with Gasteiger partial charge in [-0.25, -0.2) is 18.0 Å². The van der Waals surface area contributed by atoms with Gasteiger partial charge in [0.1, 0.15) is 11.2 Å². The van der Waals surface area contributed by atoms with Crippen LogP contribution in [0.3, 0.4) is 0 Å². The van der Waals surface area contributed by atoms with Crippen LogP contribution in [-0.4, -0.2) is 37.1 Å². The number of rotatable bonds is 3. The van der Waals surface area contributed by atoms with Gasteiger partial charge in [0.2, 0.25) is 0 Å². The van der Waals surface area contributed by atoms with Crippen molar-refractivity contribution in [3.8, 4) is 0 Å². The van der Waals surface area contributed by atoms with Crippen LogP contribution in [-0.2, 0) is 19.3 Å². The Morgan fingerprint density at radius 2 is 1.30 bits per heavy atom. The van der Waals surface area contributed by atoms with Crippen LogP contribution >= 0.6 is 0 Å². The van der Waals surface area contributed by atoms with Gasteiger partial charge in [0.25, 0.3) is 0 Å². The normalized spacial score (nSPS) is 12.6. The largest absolute Gasteiger partial charge is 0.443 e. The number of carbonyl (C=O) groups excluding carboxylic acids is 2. The van der Waals surface area contributed by atoms with Crippen molar-refractivity contribution in [3.05, 3.63) is 24.3 Å². The number of benzene rings is 1. The Labute approximate surface area is 161 Å². The summed E-state index contributed by atoms with van der Waals surface area (Å²) in [5.74, 6) is 0. The molecule has 0 saturated heterocycles. The summed E-state index contributed by atoms with van der Waals surface area (Å²) in [5, 5.41) is -0.738. The van der Waals surface area contributed by atoms with E-state index in [4.69, 9.17) is 9.47 Å². The Morgan fingerprint density at radius 3 is 1.67 bits per heavy atom. The molecular weight excluding hydrogens is 370 g/mol. The number of para-hydroxylation sites is 1. The van der Waals surface area contributed by atoms with Gasteiger partial charge in [0.15, 0.2) is 9.84 Å². The third kappa shape index (κ3) is 6.23. The molecule has 0 aliphatic rings. The number of imide groups is 1. The van der Waals surface area contributed by atoms with Gasteiger partial charge < -0.3 is 9.47 Å². The molecule has 27 heavy (non-hydrogen) atoms. The minimum absolute atomic E-state index is 0.102. The van der Waals surface area contributed by atoms with Crippen LogP contribution < -0.4 is 4.90 Å². The smallest absolute Gasteiger partial charge is 0.424 e. The summed E-state index contributed by atoms with van der Waals surface area (Å²) in [6.45, 7) is 12.9. The number of hydrogen-bond acceptors (Lipinski definition) is 6. The Hall–Kier alpha value is -2.09. The van der Waals surface area contributed by atoms with E-state index in [1.807, 2.05) is 0 Å². The molecule has 0 aromatic heterocycles. The van der Waals surface area contributed by atoms with Crippen LogP contribution in [0.15, 0.2) is 29.2 Å².